The molecule has 4 aromatic carbocycles. The van der Waals surface area contributed by atoms with E-state index in [-0.39, 0.29) is 19.2 Å². The highest BCUT2D eigenvalue weighted by Gasteiger charge is 2.34. The molecule has 12 nitrogen and oxygen atoms in total. The molecule has 0 atom stereocenters. The number of aryl methyl sites for hydroxylation is 1. The van der Waals surface area contributed by atoms with Crippen molar-refractivity contribution in [1.29, 1.82) is 0 Å². The SMILES string of the molecule is C=C(C)C(=O)OCCCCCCOc1ccc(C(=O)Oc2ccc(OC(=O)/C=C/c3ccc(-c4ccc(OCCC(CCCC)(COC(=O)C(=C)C)COC(=O)C(=C)C)cc4)cc3)c(C)c2)cc1. The summed E-state index contributed by atoms with van der Waals surface area (Å²) >= 11 is 0. The van der Waals surface area contributed by atoms with Gasteiger partial charge in [0.15, 0.2) is 0 Å². The molecule has 0 fully saturated rings. The molecular formula is C56H64O12. The summed E-state index contributed by atoms with van der Waals surface area (Å²) in [6.07, 6.45) is 9.39. The maximum Gasteiger partial charge on any atom is 0.343 e. The molecule has 0 amide bonds. The van der Waals surface area contributed by atoms with E-state index in [1.165, 1.54) is 6.08 Å². The first kappa shape index (κ1) is 53.4. The van der Waals surface area contributed by atoms with E-state index in [2.05, 4.69) is 26.7 Å². The number of benzene rings is 4. The van der Waals surface area contributed by atoms with Gasteiger partial charge in [-0.25, -0.2) is 24.0 Å². The third-order valence-corrected chi connectivity index (χ3v) is 10.7. The maximum atomic E-state index is 12.9. The van der Waals surface area contributed by atoms with Gasteiger partial charge in [-0.05, 0) is 149 Å². The molecule has 0 radical (unpaired) electrons. The number of hydrogen-bond acceptors (Lipinski definition) is 12. The number of carbonyl (C=O) groups is 5. The smallest absolute Gasteiger partial charge is 0.343 e. The van der Waals surface area contributed by atoms with Gasteiger partial charge in [0.25, 0.3) is 0 Å². The molecule has 0 saturated heterocycles. The van der Waals surface area contributed by atoms with E-state index in [0.29, 0.717) is 83.5 Å². The van der Waals surface area contributed by atoms with Gasteiger partial charge in [-0.1, -0.05) is 75.9 Å². The van der Waals surface area contributed by atoms with Gasteiger partial charge in [0.05, 0.1) is 25.4 Å². The Morgan fingerprint density at radius 3 is 1.63 bits per heavy atom. The molecule has 0 aliphatic rings. The Kier molecular flexibility index (Phi) is 21.5. The number of carbonyl (C=O) groups excluding carboxylic acids is 5. The summed E-state index contributed by atoms with van der Waals surface area (Å²) in [5.41, 5.74) is 4.02. The molecule has 0 saturated carbocycles. The minimum Gasteiger partial charge on any atom is -0.494 e. The summed E-state index contributed by atoms with van der Waals surface area (Å²) in [5.74, 6) is -0.529. The van der Waals surface area contributed by atoms with Crippen molar-refractivity contribution < 1.29 is 57.1 Å². The fourth-order valence-electron chi connectivity index (χ4n) is 6.60. The summed E-state index contributed by atoms with van der Waals surface area (Å²) < 4.78 is 39.3. The van der Waals surface area contributed by atoms with Crippen LogP contribution in [-0.2, 0) is 33.4 Å². The highest BCUT2D eigenvalue weighted by atomic mass is 16.6. The number of unbranched alkanes of at least 4 members (excludes halogenated alkanes) is 4. The lowest BCUT2D eigenvalue weighted by Gasteiger charge is -2.33. The summed E-state index contributed by atoms with van der Waals surface area (Å²) in [6.45, 7) is 20.9. The second-order valence-corrected chi connectivity index (χ2v) is 16.8. The number of rotatable bonds is 28. The van der Waals surface area contributed by atoms with Crippen molar-refractivity contribution in [2.24, 2.45) is 5.41 Å². The first-order valence-electron chi connectivity index (χ1n) is 22.8. The minimum atomic E-state index is -0.648. The summed E-state index contributed by atoms with van der Waals surface area (Å²) in [7, 11) is 0. The molecule has 4 rings (SSSR count). The Morgan fingerprint density at radius 2 is 1.07 bits per heavy atom. The standard InChI is InChI=1S/C56H64O12/c1-9-10-31-56(37-65-53(59)40(4)5,38-66-54(60)41(6)7)32-35-63-48-24-20-45(21-25-48)44-18-15-43(16-19-44)17-30-51(57)68-50-29-28-49(36-42(50)8)67-55(61)46-22-26-47(27-23-46)62-33-13-11-12-14-34-64-52(58)39(2)3/h15-30,36H,2,4,6,9-14,31-35,37-38H2,1,3,5,7-8H3/b30-17+. The maximum absolute atomic E-state index is 12.9. The molecule has 68 heavy (non-hydrogen) atoms. The third-order valence-electron chi connectivity index (χ3n) is 10.7. The lowest BCUT2D eigenvalue weighted by Crippen LogP contribution is -2.36. The van der Waals surface area contributed by atoms with Crippen LogP contribution in [0.5, 0.6) is 23.0 Å². The van der Waals surface area contributed by atoms with Crippen LogP contribution < -0.4 is 18.9 Å². The second-order valence-electron chi connectivity index (χ2n) is 16.8. The van der Waals surface area contributed by atoms with Crippen molar-refractivity contribution in [3.05, 3.63) is 150 Å². The average Bonchev–Trinajstić information content (AvgIpc) is 3.33. The van der Waals surface area contributed by atoms with Crippen LogP contribution >= 0.6 is 0 Å². The van der Waals surface area contributed by atoms with E-state index in [9.17, 15) is 24.0 Å². The molecule has 0 aliphatic heterocycles. The van der Waals surface area contributed by atoms with Crippen LogP contribution in [0.25, 0.3) is 17.2 Å². The molecule has 0 unspecified atom stereocenters. The normalized spacial score (nSPS) is 11.0. The van der Waals surface area contributed by atoms with E-state index in [0.717, 1.165) is 55.2 Å². The van der Waals surface area contributed by atoms with Gasteiger partial charge in [0.1, 0.15) is 36.2 Å². The Hall–Kier alpha value is -7.21. The molecule has 0 aromatic heterocycles. The summed E-state index contributed by atoms with van der Waals surface area (Å²) in [4.78, 5) is 61.7. The zero-order chi connectivity index (χ0) is 49.5. The van der Waals surface area contributed by atoms with Gasteiger partial charge in [0.2, 0.25) is 0 Å². The van der Waals surface area contributed by atoms with Crippen molar-refractivity contribution in [3.63, 3.8) is 0 Å². The Morgan fingerprint density at radius 1 is 0.559 bits per heavy atom. The van der Waals surface area contributed by atoms with E-state index in [1.54, 1.807) is 76.2 Å². The van der Waals surface area contributed by atoms with Crippen molar-refractivity contribution in [2.75, 3.05) is 33.0 Å². The first-order valence-corrected chi connectivity index (χ1v) is 22.8. The highest BCUT2D eigenvalue weighted by molar-refractivity contribution is 5.92. The fraction of sp³-hybridized carbons (Fsp3) is 0.339. The van der Waals surface area contributed by atoms with Gasteiger partial charge < -0.3 is 33.2 Å². The van der Waals surface area contributed by atoms with Gasteiger partial charge in [-0.15, -0.1) is 0 Å². The molecular weight excluding hydrogens is 865 g/mol. The largest absolute Gasteiger partial charge is 0.494 e. The Labute approximate surface area is 400 Å². The van der Waals surface area contributed by atoms with Crippen molar-refractivity contribution >= 4 is 35.9 Å². The molecule has 4 aromatic rings. The van der Waals surface area contributed by atoms with Crippen molar-refractivity contribution in [2.45, 2.75) is 86.0 Å². The number of esters is 5. The predicted molar refractivity (Wildman–Crippen MR) is 262 cm³/mol. The van der Waals surface area contributed by atoms with Crippen molar-refractivity contribution in [3.8, 4) is 34.1 Å². The minimum absolute atomic E-state index is 0.0602. The lowest BCUT2D eigenvalue weighted by molar-refractivity contribution is -0.150. The lowest BCUT2D eigenvalue weighted by atomic mass is 9.81. The van der Waals surface area contributed by atoms with Gasteiger partial charge in [-0.2, -0.15) is 0 Å². The van der Waals surface area contributed by atoms with Crippen LogP contribution in [0.1, 0.15) is 101 Å². The predicted octanol–water partition coefficient (Wildman–Crippen LogP) is 11.7. The zero-order valence-corrected chi connectivity index (χ0v) is 40.0. The molecule has 0 N–H and O–H groups in total. The van der Waals surface area contributed by atoms with Crippen LogP contribution in [0.2, 0.25) is 0 Å². The molecule has 0 spiro atoms. The Bertz CT molecular complexity index is 2360. The monoisotopic (exact) mass is 928 g/mol. The number of ether oxygens (including phenoxy) is 7. The first-order chi connectivity index (χ1) is 32.6. The average molecular weight is 929 g/mol. The molecule has 0 aliphatic carbocycles. The summed E-state index contributed by atoms with van der Waals surface area (Å²) in [6, 6.07) is 26.9. The molecule has 360 valence electrons. The van der Waals surface area contributed by atoms with Crippen LogP contribution in [-0.4, -0.2) is 62.9 Å². The Balaban J connectivity index is 1.22. The van der Waals surface area contributed by atoms with Crippen molar-refractivity contribution in [1.82, 2.24) is 0 Å². The van der Waals surface area contributed by atoms with E-state index < -0.39 is 29.3 Å². The number of hydrogen-bond donors (Lipinski definition) is 0. The van der Waals surface area contributed by atoms with Gasteiger partial charge in [-0.3, -0.25) is 0 Å². The quantitative estimate of drug-likeness (QED) is 0.0175. The van der Waals surface area contributed by atoms with Crippen LogP contribution in [0.4, 0.5) is 0 Å². The second kappa shape index (κ2) is 27.4. The third kappa shape index (κ3) is 18.2. The molecule has 0 heterocycles. The van der Waals surface area contributed by atoms with Crippen LogP contribution in [0, 0.1) is 12.3 Å². The van der Waals surface area contributed by atoms with Gasteiger partial charge in [0, 0.05) is 28.2 Å². The van der Waals surface area contributed by atoms with Gasteiger partial charge >= 0.3 is 29.8 Å². The van der Waals surface area contributed by atoms with E-state index in [1.807, 2.05) is 48.5 Å². The molecule has 12 heteroatoms. The zero-order valence-electron chi connectivity index (χ0n) is 40.0. The highest BCUT2D eigenvalue weighted by Crippen LogP contribution is 2.32. The topological polar surface area (TPSA) is 150 Å². The summed E-state index contributed by atoms with van der Waals surface area (Å²) in [5, 5.41) is 0. The van der Waals surface area contributed by atoms with Crippen LogP contribution in [0.3, 0.4) is 0 Å². The van der Waals surface area contributed by atoms with Crippen LogP contribution in [0.15, 0.2) is 134 Å². The van der Waals surface area contributed by atoms with E-state index >= 15 is 0 Å². The fourth-order valence-corrected chi connectivity index (χ4v) is 6.60. The molecule has 0 bridgehead atoms. The van der Waals surface area contributed by atoms with E-state index in [4.69, 9.17) is 33.2 Å².